The maximum absolute atomic E-state index is 12.9. The van der Waals surface area contributed by atoms with Crippen molar-refractivity contribution in [1.29, 1.82) is 0 Å². The molecule has 0 aliphatic carbocycles. The zero-order chi connectivity index (χ0) is 11.4. The predicted octanol–water partition coefficient (Wildman–Crippen LogP) is 1.63. The van der Waals surface area contributed by atoms with E-state index in [1.54, 1.807) is 0 Å². The lowest BCUT2D eigenvalue weighted by atomic mass is 10.2. The summed E-state index contributed by atoms with van der Waals surface area (Å²) in [6.45, 7) is 0. The summed E-state index contributed by atoms with van der Waals surface area (Å²) in [7, 11) is 1.10. The maximum Gasteiger partial charge on any atom is 0.384 e. The van der Waals surface area contributed by atoms with Gasteiger partial charge in [-0.25, -0.2) is 18.0 Å². The molecule has 0 radical (unpaired) electrons. The van der Waals surface area contributed by atoms with E-state index in [1.165, 1.54) is 0 Å². The molecule has 0 saturated heterocycles. The minimum absolute atomic E-state index is 0.403. The van der Waals surface area contributed by atoms with Crippen molar-refractivity contribution in [3.05, 3.63) is 35.1 Å². The smallest absolute Gasteiger partial charge is 0.384 e. The number of benzene rings is 1. The topological polar surface area (TPSA) is 26.3 Å². The number of hydrogen-bond donors (Lipinski definition) is 0. The molecule has 0 N–H and O–H groups in total. The van der Waals surface area contributed by atoms with Gasteiger partial charge in [0.15, 0.2) is 17.5 Å². The molecule has 0 amide bonds. The van der Waals surface area contributed by atoms with Crippen molar-refractivity contribution < 1.29 is 22.7 Å². The van der Waals surface area contributed by atoms with Crippen molar-refractivity contribution in [2.24, 2.45) is 0 Å². The first-order valence-corrected chi connectivity index (χ1v) is 3.79. The van der Waals surface area contributed by atoms with Crippen LogP contribution in [0.2, 0.25) is 0 Å². The number of halogens is 3. The summed E-state index contributed by atoms with van der Waals surface area (Å²) in [6, 6.07) is 1.66. The van der Waals surface area contributed by atoms with E-state index >= 15 is 0 Å². The standard InChI is InChI=1S/C10H5F3O2/c1-15-8(14)5-3-6-2-4-7(11)10(13)9(6)12/h2,4H,1H3. The number of carbonyl (C=O) groups excluding carboxylic acids is 1. The van der Waals surface area contributed by atoms with Crippen LogP contribution in [0, 0.1) is 29.3 Å². The van der Waals surface area contributed by atoms with E-state index in [2.05, 4.69) is 4.74 Å². The molecule has 0 unspecified atom stereocenters. The molecule has 0 aliphatic rings. The highest BCUT2D eigenvalue weighted by Crippen LogP contribution is 2.13. The van der Waals surface area contributed by atoms with E-state index in [9.17, 15) is 18.0 Å². The van der Waals surface area contributed by atoms with Gasteiger partial charge in [0, 0.05) is 5.92 Å². The monoisotopic (exact) mass is 214 g/mol. The molecule has 0 saturated carbocycles. The van der Waals surface area contributed by atoms with Crippen molar-refractivity contribution in [1.82, 2.24) is 0 Å². The third kappa shape index (κ3) is 2.50. The molecule has 0 fully saturated rings. The molecule has 2 nitrogen and oxygen atoms in total. The van der Waals surface area contributed by atoms with Gasteiger partial charge < -0.3 is 4.74 Å². The van der Waals surface area contributed by atoms with Crippen molar-refractivity contribution in [2.45, 2.75) is 0 Å². The SMILES string of the molecule is COC(=O)C#Cc1ccc(F)c(F)c1F. The third-order valence-electron chi connectivity index (χ3n) is 1.52. The van der Waals surface area contributed by atoms with E-state index in [0.29, 0.717) is 0 Å². The van der Waals surface area contributed by atoms with Crippen molar-refractivity contribution in [2.75, 3.05) is 7.11 Å². The van der Waals surface area contributed by atoms with Crippen LogP contribution >= 0.6 is 0 Å². The molecule has 15 heavy (non-hydrogen) atoms. The summed E-state index contributed by atoms with van der Waals surface area (Å²) >= 11 is 0. The Labute approximate surface area is 83.7 Å². The fourth-order valence-corrected chi connectivity index (χ4v) is 0.792. The van der Waals surface area contributed by atoms with Gasteiger partial charge in [0.05, 0.1) is 12.7 Å². The van der Waals surface area contributed by atoms with E-state index in [-0.39, 0.29) is 0 Å². The molecule has 1 aromatic carbocycles. The van der Waals surface area contributed by atoms with E-state index in [1.807, 2.05) is 11.8 Å². The summed E-state index contributed by atoms with van der Waals surface area (Å²) in [5.74, 6) is -1.32. The summed E-state index contributed by atoms with van der Waals surface area (Å²) in [6.07, 6.45) is 0. The normalized spacial score (nSPS) is 9.07. The lowest BCUT2D eigenvalue weighted by molar-refractivity contribution is -0.133. The predicted molar refractivity (Wildman–Crippen MR) is 45.2 cm³/mol. The second-order valence-electron chi connectivity index (χ2n) is 2.46. The van der Waals surface area contributed by atoms with Gasteiger partial charge in [0.25, 0.3) is 0 Å². The number of esters is 1. The van der Waals surface area contributed by atoms with Crippen LogP contribution in [0.4, 0.5) is 13.2 Å². The number of hydrogen-bond acceptors (Lipinski definition) is 2. The van der Waals surface area contributed by atoms with Crippen LogP contribution in [-0.4, -0.2) is 13.1 Å². The highest BCUT2D eigenvalue weighted by Gasteiger charge is 2.11. The second-order valence-corrected chi connectivity index (χ2v) is 2.46. The fourth-order valence-electron chi connectivity index (χ4n) is 0.792. The molecule has 0 heterocycles. The molecule has 0 aliphatic heterocycles. The van der Waals surface area contributed by atoms with Crippen molar-refractivity contribution in [3.63, 3.8) is 0 Å². The average molecular weight is 214 g/mol. The molecule has 0 spiro atoms. The molecular formula is C10H5F3O2. The molecule has 1 rings (SSSR count). The van der Waals surface area contributed by atoms with Gasteiger partial charge >= 0.3 is 5.97 Å². The molecule has 78 valence electrons. The van der Waals surface area contributed by atoms with Gasteiger partial charge in [-0.2, -0.15) is 0 Å². The van der Waals surface area contributed by atoms with E-state index < -0.39 is 29.0 Å². The highest BCUT2D eigenvalue weighted by atomic mass is 19.2. The number of methoxy groups -OCH3 is 1. The Kier molecular flexibility index (Phi) is 3.34. The van der Waals surface area contributed by atoms with Gasteiger partial charge in [0.1, 0.15) is 0 Å². The molecular weight excluding hydrogens is 209 g/mol. The summed E-state index contributed by atoms with van der Waals surface area (Å²) in [5.41, 5.74) is -0.403. The van der Waals surface area contributed by atoms with Crippen molar-refractivity contribution >= 4 is 5.97 Å². The Bertz CT molecular complexity index is 458. The lowest BCUT2D eigenvalue weighted by Crippen LogP contribution is -1.97. The zero-order valence-corrected chi connectivity index (χ0v) is 7.61. The van der Waals surface area contributed by atoms with Crippen LogP contribution in [0.5, 0.6) is 0 Å². The second kappa shape index (κ2) is 4.51. The number of rotatable bonds is 0. The first kappa shape index (κ1) is 11.1. The quantitative estimate of drug-likeness (QED) is 0.372. The summed E-state index contributed by atoms with van der Waals surface area (Å²) in [4.78, 5) is 10.6. The van der Waals surface area contributed by atoms with Crippen LogP contribution in [0.1, 0.15) is 5.56 Å². The first-order chi connectivity index (χ1) is 7.06. The minimum atomic E-state index is -1.62. The first-order valence-electron chi connectivity index (χ1n) is 3.79. The molecule has 1 aromatic rings. The lowest BCUT2D eigenvalue weighted by Gasteiger charge is -1.96. The van der Waals surface area contributed by atoms with Crippen molar-refractivity contribution in [3.8, 4) is 11.8 Å². The number of ether oxygens (including phenoxy) is 1. The van der Waals surface area contributed by atoms with Gasteiger partial charge in [-0.05, 0) is 12.1 Å². The Morgan fingerprint density at radius 1 is 1.27 bits per heavy atom. The Morgan fingerprint density at radius 3 is 2.53 bits per heavy atom. The van der Waals surface area contributed by atoms with Crippen LogP contribution in [0.3, 0.4) is 0 Å². The van der Waals surface area contributed by atoms with Crippen LogP contribution in [-0.2, 0) is 9.53 Å². The summed E-state index contributed by atoms with van der Waals surface area (Å²) in [5, 5.41) is 0. The minimum Gasteiger partial charge on any atom is -0.459 e. The molecule has 5 heteroatoms. The van der Waals surface area contributed by atoms with E-state index in [4.69, 9.17) is 0 Å². The Hall–Kier alpha value is -1.96. The molecule has 0 atom stereocenters. The van der Waals surface area contributed by atoms with Gasteiger partial charge in [-0.3, -0.25) is 0 Å². The van der Waals surface area contributed by atoms with E-state index in [0.717, 1.165) is 19.2 Å². The van der Waals surface area contributed by atoms with Gasteiger partial charge in [-0.1, -0.05) is 5.92 Å². The average Bonchev–Trinajstić information content (AvgIpc) is 2.24. The Balaban J connectivity index is 3.10. The third-order valence-corrected chi connectivity index (χ3v) is 1.52. The van der Waals surface area contributed by atoms with Crippen LogP contribution in [0.25, 0.3) is 0 Å². The van der Waals surface area contributed by atoms with Gasteiger partial charge in [-0.15, -0.1) is 0 Å². The molecule has 0 bridgehead atoms. The molecule has 0 aromatic heterocycles. The highest BCUT2D eigenvalue weighted by molar-refractivity contribution is 5.89. The fraction of sp³-hybridized carbons (Fsp3) is 0.100. The maximum atomic E-state index is 12.9. The zero-order valence-electron chi connectivity index (χ0n) is 7.61. The van der Waals surface area contributed by atoms with Crippen LogP contribution in [0.15, 0.2) is 12.1 Å². The largest absolute Gasteiger partial charge is 0.459 e. The van der Waals surface area contributed by atoms with Crippen LogP contribution < -0.4 is 0 Å². The Morgan fingerprint density at radius 2 is 1.93 bits per heavy atom. The van der Waals surface area contributed by atoms with Gasteiger partial charge in [0.2, 0.25) is 0 Å². The number of carbonyl (C=O) groups is 1. The summed E-state index contributed by atoms with van der Waals surface area (Å²) < 4.78 is 42.2.